The maximum absolute atomic E-state index is 11.3. The third-order valence-electron chi connectivity index (χ3n) is 3.98. The van der Waals surface area contributed by atoms with Crippen LogP contribution in [0.4, 0.5) is 0 Å². The number of rotatable bonds is 4. The fraction of sp³-hybridized carbons (Fsp3) is 0.643. The van der Waals surface area contributed by atoms with Crippen molar-refractivity contribution in [1.29, 1.82) is 0 Å². The van der Waals surface area contributed by atoms with Gasteiger partial charge in [-0.3, -0.25) is 4.79 Å². The van der Waals surface area contributed by atoms with Crippen LogP contribution in [0.3, 0.4) is 0 Å². The Kier molecular flexibility index (Phi) is 3.82. The van der Waals surface area contributed by atoms with Crippen LogP contribution in [0.1, 0.15) is 43.3 Å². The van der Waals surface area contributed by atoms with Crippen LogP contribution in [0.15, 0.2) is 16.7 Å². The van der Waals surface area contributed by atoms with Crippen LogP contribution in [0.2, 0.25) is 0 Å². The molecule has 1 saturated heterocycles. The van der Waals surface area contributed by atoms with Gasteiger partial charge in [0.25, 0.3) is 0 Å². The fourth-order valence-electron chi connectivity index (χ4n) is 2.87. The molecule has 0 bridgehead atoms. The van der Waals surface area contributed by atoms with Gasteiger partial charge in [0.05, 0.1) is 17.9 Å². The van der Waals surface area contributed by atoms with Gasteiger partial charge in [0, 0.05) is 13.0 Å². The average Bonchev–Trinajstić information content (AvgIpc) is 3.11. The maximum Gasteiger partial charge on any atom is 0.307 e. The summed E-state index contributed by atoms with van der Waals surface area (Å²) in [5.41, 5.74) is 0. The number of nitrogens with zero attached hydrogens (tertiary/aromatic N) is 2. The molecule has 3 atom stereocenters. The minimum Gasteiger partial charge on any atom is -0.481 e. The fourth-order valence-corrected chi connectivity index (χ4v) is 2.87. The lowest BCUT2D eigenvalue weighted by atomic mass is 9.83. The van der Waals surface area contributed by atoms with Gasteiger partial charge < -0.3 is 14.4 Å². The van der Waals surface area contributed by atoms with Gasteiger partial charge in [0.2, 0.25) is 5.89 Å². The van der Waals surface area contributed by atoms with Crippen LogP contribution in [0.25, 0.3) is 0 Å². The lowest BCUT2D eigenvalue weighted by Crippen LogP contribution is -2.23. The minimum absolute atomic E-state index is 0.168. The predicted molar refractivity (Wildman–Crippen MR) is 69.2 cm³/mol. The number of carboxylic acid groups (broad SMARTS) is 1. The van der Waals surface area contributed by atoms with E-state index in [9.17, 15) is 9.90 Å². The topological polar surface area (TPSA) is 85.5 Å². The molecule has 0 saturated carbocycles. The van der Waals surface area contributed by atoms with E-state index in [2.05, 4.69) is 10.1 Å². The Labute approximate surface area is 116 Å². The molecular weight excluding hydrogens is 260 g/mol. The number of hydrogen-bond donors (Lipinski definition) is 1. The summed E-state index contributed by atoms with van der Waals surface area (Å²) in [6.45, 7) is 0.796. The third-order valence-corrected chi connectivity index (χ3v) is 3.98. The number of allylic oxidation sites excluding steroid dienone is 2. The first-order valence-electron chi connectivity index (χ1n) is 7.06. The van der Waals surface area contributed by atoms with Crippen LogP contribution in [0, 0.1) is 5.92 Å². The summed E-state index contributed by atoms with van der Waals surface area (Å²) in [4.78, 5) is 15.7. The van der Waals surface area contributed by atoms with Crippen molar-refractivity contribution in [3.63, 3.8) is 0 Å². The monoisotopic (exact) mass is 278 g/mol. The highest BCUT2D eigenvalue weighted by molar-refractivity contribution is 5.71. The highest BCUT2D eigenvalue weighted by atomic mass is 16.5. The summed E-state index contributed by atoms with van der Waals surface area (Å²) in [5.74, 6) is -0.446. The molecule has 2 aliphatic rings. The van der Waals surface area contributed by atoms with E-state index >= 15 is 0 Å². The Hall–Kier alpha value is -1.69. The zero-order chi connectivity index (χ0) is 13.9. The van der Waals surface area contributed by atoms with Crippen LogP contribution in [-0.2, 0) is 16.0 Å². The molecule has 2 heterocycles. The average molecular weight is 278 g/mol. The molecule has 20 heavy (non-hydrogen) atoms. The summed E-state index contributed by atoms with van der Waals surface area (Å²) < 4.78 is 10.8. The molecule has 3 rings (SSSR count). The molecule has 1 fully saturated rings. The smallest absolute Gasteiger partial charge is 0.307 e. The summed E-state index contributed by atoms with van der Waals surface area (Å²) in [5, 5.41) is 13.2. The zero-order valence-electron chi connectivity index (χ0n) is 11.2. The first-order valence-corrected chi connectivity index (χ1v) is 7.06. The van der Waals surface area contributed by atoms with Crippen molar-refractivity contribution in [2.24, 2.45) is 5.92 Å². The summed E-state index contributed by atoms with van der Waals surface area (Å²) in [7, 11) is 0. The second-order valence-corrected chi connectivity index (χ2v) is 5.38. The number of aliphatic carboxylic acids is 1. The third kappa shape index (κ3) is 2.75. The highest BCUT2D eigenvalue weighted by Crippen LogP contribution is 2.34. The van der Waals surface area contributed by atoms with Crippen LogP contribution in [0.5, 0.6) is 0 Å². The van der Waals surface area contributed by atoms with Crippen LogP contribution in [-0.4, -0.2) is 33.9 Å². The second-order valence-electron chi connectivity index (χ2n) is 5.38. The van der Waals surface area contributed by atoms with Crippen molar-refractivity contribution in [3.8, 4) is 0 Å². The number of aromatic nitrogens is 2. The molecule has 6 heteroatoms. The largest absolute Gasteiger partial charge is 0.481 e. The van der Waals surface area contributed by atoms with Crippen molar-refractivity contribution in [2.45, 2.75) is 44.1 Å². The number of carboxylic acids is 1. The van der Waals surface area contributed by atoms with Crippen molar-refractivity contribution in [3.05, 3.63) is 23.9 Å². The van der Waals surface area contributed by atoms with Gasteiger partial charge in [-0.15, -0.1) is 0 Å². The van der Waals surface area contributed by atoms with E-state index in [1.807, 2.05) is 12.2 Å². The molecule has 1 N–H and O–H groups in total. The van der Waals surface area contributed by atoms with Gasteiger partial charge in [-0.2, -0.15) is 4.98 Å². The Bertz CT molecular complexity index is 505. The first kappa shape index (κ1) is 13.3. The molecule has 0 radical (unpaired) electrons. The Morgan fingerprint density at radius 2 is 2.25 bits per heavy atom. The Morgan fingerprint density at radius 3 is 3.00 bits per heavy atom. The van der Waals surface area contributed by atoms with Gasteiger partial charge in [0.1, 0.15) is 0 Å². The molecule has 6 nitrogen and oxygen atoms in total. The molecule has 108 valence electrons. The van der Waals surface area contributed by atoms with E-state index in [0.29, 0.717) is 31.0 Å². The standard InChI is InChI=1S/C14H18N2O4/c17-14(18)11-6-2-1-5-10(11)13-15-12(16-20-13)8-9-4-3-7-19-9/h1-2,9-11H,3-8H2,(H,17,18)/t9?,10-,11+/m1/s1. The molecular formula is C14H18N2O4. The van der Waals surface area contributed by atoms with Crippen LogP contribution < -0.4 is 0 Å². The minimum atomic E-state index is -0.807. The van der Waals surface area contributed by atoms with Gasteiger partial charge in [0.15, 0.2) is 5.82 Å². The molecule has 1 aromatic rings. The lowest BCUT2D eigenvalue weighted by molar-refractivity contribution is -0.142. The molecule has 0 amide bonds. The number of carbonyl (C=O) groups is 1. The number of hydrogen-bond acceptors (Lipinski definition) is 5. The van der Waals surface area contributed by atoms with E-state index in [1.54, 1.807) is 0 Å². The van der Waals surface area contributed by atoms with Crippen LogP contribution >= 0.6 is 0 Å². The quantitative estimate of drug-likeness (QED) is 0.847. The highest BCUT2D eigenvalue weighted by Gasteiger charge is 2.34. The molecule has 1 unspecified atom stereocenters. The summed E-state index contributed by atoms with van der Waals surface area (Å²) in [6, 6.07) is 0. The van der Waals surface area contributed by atoms with Crippen molar-refractivity contribution in [1.82, 2.24) is 10.1 Å². The maximum atomic E-state index is 11.3. The van der Waals surface area contributed by atoms with Gasteiger partial charge in [-0.1, -0.05) is 17.3 Å². The molecule has 0 spiro atoms. The Morgan fingerprint density at radius 1 is 1.40 bits per heavy atom. The van der Waals surface area contributed by atoms with Crippen molar-refractivity contribution >= 4 is 5.97 Å². The second kappa shape index (κ2) is 5.75. The van der Waals surface area contributed by atoms with E-state index in [-0.39, 0.29) is 12.0 Å². The zero-order valence-corrected chi connectivity index (χ0v) is 11.2. The Balaban J connectivity index is 1.71. The predicted octanol–water partition coefficient (Wildman–Crippen LogP) is 1.93. The van der Waals surface area contributed by atoms with E-state index < -0.39 is 11.9 Å². The van der Waals surface area contributed by atoms with Crippen molar-refractivity contribution in [2.75, 3.05) is 6.61 Å². The normalized spacial score (nSPS) is 29.7. The molecule has 1 aliphatic heterocycles. The van der Waals surface area contributed by atoms with E-state index in [0.717, 1.165) is 19.4 Å². The lowest BCUT2D eigenvalue weighted by Gasteiger charge is -2.21. The van der Waals surface area contributed by atoms with Gasteiger partial charge >= 0.3 is 5.97 Å². The first-order chi connectivity index (χ1) is 9.74. The summed E-state index contributed by atoms with van der Waals surface area (Å²) in [6.07, 6.45) is 7.94. The van der Waals surface area contributed by atoms with Gasteiger partial charge in [-0.05, 0) is 25.7 Å². The molecule has 1 aliphatic carbocycles. The van der Waals surface area contributed by atoms with Crippen molar-refractivity contribution < 1.29 is 19.2 Å². The summed E-state index contributed by atoms with van der Waals surface area (Å²) >= 11 is 0. The van der Waals surface area contributed by atoms with E-state index in [1.165, 1.54) is 0 Å². The SMILES string of the molecule is O=C(O)[C@H]1CC=CC[C@H]1c1nc(CC2CCCO2)no1. The number of ether oxygens (including phenoxy) is 1. The van der Waals surface area contributed by atoms with E-state index in [4.69, 9.17) is 9.26 Å². The molecule has 0 aromatic carbocycles. The molecule has 1 aromatic heterocycles. The van der Waals surface area contributed by atoms with Gasteiger partial charge in [-0.25, -0.2) is 0 Å².